The van der Waals surface area contributed by atoms with Crippen LogP contribution in [-0.4, -0.2) is 30.1 Å². The van der Waals surface area contributed by atoms with Gasteiger partial charge in [-0.05, 0) is 76.7 Å². The molecule has 7 nitrogen and oxygen atoms in total. The highest BCUT2D eigenvalue weighted by atomic mass is 16.4. The van der Waals surface area contributed by atoms with Crippen LogP contribution < -0.4 is 4.90 Å². The maximum atomic E-state index is 11.6. The third-order valence-electron chi connectivity index (χ3n) is 10.5. The number of hydrogen-bond donors (Lipinski definition) is 5. The molecule has 8 aromatic carbocycles. The van der Waals surface area contributed by atoms with Crippen molar-refractivity contribution in [3.63, 3.8) is 0 Å². The first-order valence-corrected chi connectivity index (χ1v) is 18.2. The first kappa shape index (κ1) is 34.1. The Kier molecular flexibility index (Phi) is 8.32. The van der Waals surface area contributed by atoms with Gasteiger partial charge in [0.15, 0.2) is 11.5 Å². The highest BCUT2D eigenvalue weighted by Gasteiger charge is 2.31. The van der Waals surface area contributed by atoms with Crippen molar-refractivity contribution < 1.29 is 25.5 Å². The fraction of sp³-hybridized carbons (Fsp3) is 0.0204. The molecule has 56 heavy (non-hydrogen) atoms. The molecule has 0 aliphatic rings. The van der Waals surface area contributed by atoms with Crippen molar-refractivity contribution in [1.29, 1.82) is 0 Å². The van der Waals surface area contributed by atoms with E-state index in [0.29, 0.717) is 11.4 Å². The minimum Gasteiger partial charge on any atom is -0.503 e. The molecule has 1 aromatic heterocycles. The minimum atomic E-state index is -1.03. The number of benzene rings is 8. The van der Waals surface area contributed by atoms with Gasteiger partial charge in [-0.1, -0.05) is 133 Å². The lowest BCUT2D eigenvalue weighted by Gasteiger charge is -2.30. The van der Waals surface area contributed by atoms with Gasteiger partial charge in [0.1, 0.15) is 5.69 Å². The van der Waals surface area contributed by atoms with Crippen molar-refractivity contribution in [3.05, 3.63) is 175 Å². The van der Waals surface area contributed by atoms with Gasteiger partial charge in [0.25, 0.3) is 0 Å². The Bertz CT molecular complexity index is 2890. The highest BCUT2D eigenvalue weighted by molar-refractivity contribution is 6.11. The van der Waals surface area contributed by atoms with Crippen molar-refractivity contribution in [2.45, 2.75) is 6.92 Å². The number of fused-ring (bicyclic) bond motifs is 3. The number of aryl methyl sites for hydroxylation is 1. The van der Waals surface area contributed by atoms with E-state index in [-0.39, 0.29) is 5.69 Å². The number of rotatable bonds is 7. The molecule has 1 heterocycles. The van der Waals surface area contributed by atoms with Gasteiger partial charge >= 0.3 is 0 Å². The summed E-state index contributed by atoms with van der Waals surface area (Å²) in [6.45, 7) is 1.99. The van der Waals surface area contributed by atoms with E-state index in [1.807, 2.05) is 128 Å². The van der Waals surface area contributed by atoms with E-state index >= 15 is 0 Å². The van der Waals surface area contributed by atoms with Crippen LogP contribution in [0.3, 0.4) is 0 Å². The zero-order chi connectivity index (χ0) is 38.5. The van der Waals surface area contributed by atoms with Gasteiger partial charge in [0, 0.05) is 27.7 Å². The van der Waals surface area contributed by atoms with E-state index in [4.69, 9.17) is 0 Å². The second kappa shape index (κ2) is 13.6. The molecule has 272 valence electrons. The van der Waals surface area contributed by atoms with Crippen molar-refractivity contribution in [3.8, 4) is 67.8 Å². The molecule has 0 saturated carbocycles. The van der Waals surface area contributed by atoms with E-state index in [2.05, 4.69) is 53.1 Å². The van der Waals surface area contributed by atoms with Crippen LogP contribution in [0.5, 0.6) is 28.7 Å². The summed E-state index contributed by atoms with van der Waals surface area (Å²) in [6.07, 6.45) is 0. The average molecular weight is 733 g/mol. The van der Waals surface area contributed by atoms with Gasteiger partial charge in [-0.2, -0.15) is 0 Å². The Hall–Kier alpha value is -7.64. The Labute approximate surface area is 323 Å². The number of phenols is 5. The molecule has 5 N–H and O–H groups in total. The van der Waals surface area contributed by atoms with Crippen molar-refractivity contribution in [2.75, 3.05) is 4.90 Å². The summed E-state index contributed by atoms with van der Waals surface area (Å²) in [4.78, 5) is 1.62. The monoisotopic (exact) mass is 732 g/mol. The largest absolute Gasteiger partial charge is 0.503 e. The number of anilines is 3. The Morgan fingerprint density at radius 3 is 1.68 bits per heavy atom. The topological polar surface area (TPSA) is 109 Å². The lowest BCUT2D eigenvalue weighted by molar-refractivity contribution is 0.329. The highest BCUT2D eigenvalue weighted by Crippen LogP contribution is 2.59. The lowest BCUT2D eigenvalue weighted by atomic mass is 9.90. The van der Waals surface area contributed by atoms with E-state index in [0.717, 1.165) is 66.4 Å². The zero-order valence-corrected chi connectivity index (χ0v) is 30.3. The smallest absolute Gasteiger partial charge is 0.208 e. The summed E-state index contributed by atoms with van der Waals surface area (Å²) >= 11 is 0. The van der Waals surface area contributed by atoms with Crippen LogP contribution in [0.25, 0.3) is 60.9 Å². The van der Waals surface area contributed by atoms with Crippen LogP contribution in [0.2, 0.25) is 0 Å². The Morgan fingerprint density at radius 1 is 0.429 bits per heavy atom. The normalized spacial score (nSPS) is 11.3. The molecule has 0 aliphatic carbocycles. The maximum Gasteiger partial charge on any atom is 0.208 e. The molecular formula is C49H36N2O5. The molecule has 9 rings (SSSR count). The minimum absolute atomic E-state index is 0.309. The summed E-state index contributed by atoms with van der Waals surface area (Å²) in [7, 11) is 0. The molecule has 0 aliphatic heterocycles. The van der Waals surface area contributed by atoms with Gasteiger partial charge in [-0.3, -0.25) is 0 Å². The predicted octanol–water partition coefficient (Wildman–Crippen LogP) is 12.1. The molecule has 0 atom stereocenters. The molecular weight excluding hydrogens is 697 g/mol. The van der Waals surface area contributed by atoms with Crippen LogP contribution in [-0.2, 0) is 0 Å². The number of phenolic OH excluding ortho intramolecular Hbond substituents is 5. The van der Waals surface area contributed by atoms with Gasteiger partial charge < -0.3 is 35.0 Å². The molecule has 0 unspecified atom stereocenters. The van der Waals surface area contributed by atoms with Crippen LogP contribution >= 0.6 is 0 Å². The van der Waals surface area contributed by atoms with Gasteiger partial charge in [-0.15, -0.1) is 0 Å². The third-order valence-corrected chi connectivity index (χ3v) is 10.5. The van der Waals surface area contributed by atoms with E-state index in [1.165, 1.54) is 0 Å². The van der Waals surface area contributed by atoms with Gasteiger partial charge in [-0.25, -0.2) is 0 Å². The van der Waals surface area contributed by atoms with Crippen LogP contribution in [0.1, 0.15) is 5.56 Å². The number of aromatic nitrogens is 1. The quantitative estimate of drug-likeness (QED) is 0.0824. The fourth-order valence-electron chi connectivity index (χ4n) is 7.84. The molecule has 0 fully saturated rings. The van der Waals surface area contributed by atoms with Gasteiger partial charge in [0.2, 0.25) is 17.2 Å². The number of aromatic hydroxyl groups is 5. The van der Waals surface area contributed by atoms with E-state index in [1.54, 1.807) is 4.90 Å². The molecule has 0 amide bonds. The van der Waals surface area contributed by atoms with Crippen LogP contribution in [0, 0.1) is 6.92 Å². The average Bonchev–Trinajstić information content (AvgIpc) is 3.58. The molecule has 0 radical (unpaired) electrons. The van der Waals surface area contributed by atoms with E-state index < -0.39 is 28.7 Å². The first-order chi connectivity index (χ1) is 27.3. The summed E-state index contributed by atoms with van der Waals surface area (Å²) in [6, 6.07) is 56.4. The summed E-state index contributed by atoms with van der Waals surface area (Å²) < 4.78 is 2.18. The van der Waals surface area contributed by atoms with Crippen molar-refractivity contribution in [1.82, 2.24) is 4.57 Å². The van der Waals surface area contributed by atoms with Gasteiger partial charge in [0.05, 0.1) is 16.7 Å². The second-order valence-electron chi connectivity index (χ2n) is 13.8. The SMILES string of the molecule is Cc1cccc(N(c2ccc3c4ccccc4n(-c4ccc(-c5ccccc5)cc4)c3c2)c2c(O)c(O)c(O)c(O)c2O)c1-c1ccccc1-c1ccccc1. The third kappa shape index (κ3) is 5.53. The maximum absolute atomic E-state index is 11.6. The van der Waals surface area contributed by atoms with E-state index in [9.17, 15) is 25.5 Å². The summed E-state index contributed by atoms with van der Waals surface area (Å²) in [5.41, 5.74) is 10.2. The van der Waals surface area contributed by atoms with Crippen LogP contribution in [0.15, 0.2) is 170 Å². The lowest BCUT2D eigenvalue weighted by Crippen LogP contribution is -2.13. The standard InChI is InChI=1S/C49H36N2O5/c1-30-13-12-22-41(43(30)39-20-9-8-18-36(39)33-16-6-3-7-17-33)51(44-45(52)47(54)49(56)48(55)46(44)53)35-27-28-38-37-19-10-11-21-40(37)50(42(38)29-35)34-25-23-32(24-26-34)31-14-4-2-5-15-31/h2-29,52-56H,1H3. The van der Waals surface area contributed by atoms with Crippen molar-refractivity contribution in [2.24, 2.45) is 0 Å². The summed E-state index contributed by atoms with van der Waals surface area (Å²) in [5.74, 6) is -4.57. The number of para-hydroxylation sites is 1. The molecule has 0 saturated heterocycles. The van der Waals surface area contributed by atoms with Crippen molar-refractivity contribution >= 4 is 38.9 Å². The Balaban J connectivity index is 1.33. The molecule has 0 spiro atoms. The Morgan fingerprint density at radius 2 is 0.982 bits per heavy atom. The number of hydrogen-bond acceptors (Lipinski definition) is 6. The number of nitrogens with zero attached hydrogens (tertiary/aromatic N) is 2. The first-order valence-electron chi connectivity index (χ1n) is 18.2. The molecule has 7 heteroatoms. The predicted molar refractivity (Wildman–Crippen MR) is 225 cm³/mol. The zero-order valence-electron chi connectivity index (χ0n) is 30.3. The summed E-state index contributed by atoms with van der Waals surface area (Å²) in [5, 5.41) is 57.5. The van der Waals surface area contributed by atoms with Crippen LogP contribution in [0.4, 0.5) is 17.1 Å². The molecule has 0 bridgehead atoms. The fourth-order valence-corrected chi connectivity index (χ4v) is 7.84. The molecule has 9 aromatic rings. The second-order valence-corrected chi connectivity index (χ2v) is 13.8.